The lowest BCUT2D eigenvalue weighted by atomic mass is 9.50. The van der Waals surface area contributed by atoms with E-state index in [0.717, 1.165) is 11.6 Å². The molecular formula is C19H37B. The Morgan fingerprint density at radius 3 is 0.900 bits per heavy atom. The van der Waals surface area contributed by atoms with Crippen molar-refractivity contribution in [1.29, 1.82) is 0 Å². The van der Waals surface area contributed by atoms with Crippen LogP contribution >= 0.6 is 0 Å². The van der Waals surface area contributed by atoms with Gasteiger partial charge in [0.2, 0.25) is 0 Å². The Bertz CT molecular complexity index is 206. The summed E-state index contributed by atoms with van der Waals surface area (Å²) in [4.78, 5) is 0. The van der Waals surface area contributed by atoms with Crippen molar-refractivity contribution >= 4 is 7.28 Å². The molecule has 0 aromatic rings. The third kappa shape index (κ3) is 7.18. The van der Waals surface area contributed by atoms with Gasteiger partial charge in [-0.05, 0) is 0 Å². The Labute approximate surface area is 128 Å². The van der Waals surface area contributed by atoms with Crippen molar-refractivity contribution in [1.82, 2.24) is 0 Å². The lowest BCUT2D eigenvalue weighted by molar-refractivity contribution is 0.496. The molecule has 0 saturated heterocycles. The fraction of sp³-hybridized carbons (Fsp3) is 1.00. The molecule has 0 aliphatic heterocycles. The predicted molar refractivity (Wildman–Crippen MR) is 93.1 cm³/mol. The summed E-state index contributed by atoms with van der Waals surface area (Å²) in [6.45, 7) is 0. The van der Waals surface area contributed by atoms with Gasteiger partial charge in [0.05, 0.1) is 0 Å². The van der Waals surface area contributed by atoms with Crippen LogP contribution in [0.3, 0.4) is 0 Å². The van der Waals surface area contributed by atoms with Crippen molar-refractivity contribution in [2.45, 2.75) is 121 Å². The Morgan fingerprint density at radius 2 is 0.600 bits per heavy atom. The molecule has 2 rings (SSSR count). The Hall–Kier alpha value is 0.0649. The Balaban J connectivity index is 1.74. The molecule has 20 heavy (non-hydrogen) atoms. The third-order valence-corrected chi connectivity index (χ3v) is 5.87. The van der Waals surface area contributed by atoms with Gasteiger partial charge < -0.3 is 0 Å². The fourth-order valence-electron chi connectivity index (χ4n) is 4.55. The van der Waals surface area contributed by atoms with Crippen molar-refractivity contribution < 1.29 is 0 Å². The van der Waals surface area contributed by atoms with Gasteiger partial charge >= 0.3 is 0 Å². The lowest BCUT2D eigenvalue weighted by Crippen LogP contribution is -2.12. The van der Waals surface area contributed by atoms with E-state index < -0.39 is 0 Å². The van der Waals surface area contributed by atoms with Crippen LogP contribution in [-0.2, 0) is 0 Å². The number of rotatable bonds is 2. The smallest absolute Gasteiger partial charge is 0.0654 e. The summed E-state index contributed by atoms with van der Waals surface area (Å²) in [5.41, 5.74) is 0. The van der Waals surface area contributed by atoms with Gasteiger partial charge in [-0.3, -0.25) is 0 Å². The van der Waals surface area contributed by atoms with Gasteiger partial charge in [-0.25, -0.2) is 0 Å². The van der Waals surface area contributed by atoms with Gasteiger partial charge in [0.25, 0.3) is 0 Å². The highest BCUT2D eigenvalue weighted by Gasteiger charge is 2.19. The van der Waals surface area contributed by atoms with Crippen LogP contribution < -0.4 is 0 Å². The second-order valence-corrected chi connectivity index (χ2v) is 7.72. The van der Waals surface area contributed by atoms with Crippen LogP contribution in [0.2, 0.25) is 11.6 Å². The minimum Gasteiger partial charge on any atom is -0.0654 e. The van der Waals surface area contributed by atoms with Gasteiger partial charge in [-0.1, -0.05) is 121 Å². The molecular weight excluding hydrogens is 239 g/mol. The van der Waals surface area contributed by atoms with E-state index in [1.807, 2.05) is 0 Å². The molecule has 0 atom stereocenters. The molecule has 0 spiro atoms. The fourth-order valence-corrected chi connectivity index (χ4v) is 4.55. The largest absolute Gasteiger partial charge is 0.127 e. The molecule has 0 nitrogen and oxygen atoms in total. The summed E-state index contributed by atoms with van der Waals surface area (Å²) in [5, 5.41) is 0. The first-order valence-corrected chi connectivity index (χ1v) is 9.95. The Morgan fingerprint density at radius 1 is 0.350 bits per heavy atom. The SMILES string of the molecule is B(C1CCCCCCCCC1)C1CCCCCCCC1. The van der Waals surface area contributed by atoms with Crippen LogP contribution in [-0.4, -0.2) is 7.28 Å². The molecule has 0 radical (unpaired) electrons. The molecule has 0 heterocycles. The summed E-state index contributed by atoms with van der Waals surface area (Å²) in [5.74, 6) is 2.17. The van der Waals surface area contributed by atoms with Gasteiger partial charge in [-0.2, -0.15) is 0 Å². The zero-order valence-electron chi connectivity index (χ0n) is 13.9. The van der Waals surface area contributed by atoms with E-state index in [9.17, 15) is 0 Å². The van der Waals surface area contributed by atoms with E-state index in [0.29, 0.717) is 0 Å². The summed E-state index contributed by atoms with van der Waals surface area (Å²) in [7, 11) is 1.58. The average molecular weight is 276 g/mol. The highest BCUT2D eigenvalue weighted by molar-refractivity contribution is 6.39. The van der Waals surface area contributed by atoms with E-state index in [1.54, 1.807) is 33.0 Å². The van der Waals surface area contributed by atoms with E-state index in [-0.39, 0.29) is 0 Å². The molecule has 116 valence electrons. The molecule has 0 amide bonds. The van der Waals surface area contributed by atoms with Gasteiger partial charge in [-0.15, -0.1) is 0 Å². The maximum absolute atomic E-state index is 1.58. The zero-order chi connectivity index (χ0) is 13.9. The first-order valence-electron chi connectivity index (χ1n) is 9.95. The first kappa shape index (κ1) is 16.4. The van der Waals surface area contributed by atoms with Crippen LogP contribution in [0.25, 0.3) is 0 Å². The third-order valence-electron chi connectivity index (χ3n) is 5.87. The molecule has 0 aromatic heterocycles. The van der Waals surface area contributed by atoms with Gasteiger partial charge in [0.1, 0.15) is 7.28 Å². The first-order chi connectivity index (χ1) is 9.95. The van der Waals surface area contributed by atoms with Crippen LogP contribution in [0, 0.1) is 0 Å². The molecule has 0 unspecified atom stereocenters. The van der Waals surface area contributed by atoms with Crippen molar-refractivity contribution in [3.63, 3.8) is 0 Å². The van der Waals surface area contributed by atoms with E-state index in [2.05, 4.69) is 0 Å². The number of hydrogen-bond acceptors (Lipinski definition) is 0. The predicted octanol–water partition coefficient (Wildman–Crippen LogP) is 6.66. The van der Waals surface area contributed by atoms with Gasteiger partial charge in [0.15, 0.2) is 0 Å². The van der Waals surface area contributed by atoms with Gasteiger partial charge in [0, 0.05) is 0 Å². The monoisotopic (exact) mass is 276 g/mol. The molecule has 1 heteroatoms. The van der Waals surface area contributed by atoms with Crippen molar-refractivity contribution in [2.75, 3.05) is 0 Å². The topological polar surface area (TPSA) is 0 Å². The molecule has 0 bridgehead atoms. The molecule has 2 saturated carbocycles. The minimum atomic E-state index is 1.08. The molecule has 2 aliphatic rings. The van der Waals surface area contributed by atoms with Crippen LogP contribution in [0.15, 0.2) is 0 Å². The average Bonchev–Trinajstić information content (AvgIpc) is 2.60. The lowest BCUT2D eigenvalue weighted by Gasteiger charge is -2.23. The highest BCUT2D eigenvalue weighted by atomic mass is 14.1. The minimum absolute atomic E-state index is 1.08. The van der Waals surface area contributed by atoms with E-state index >= 15 is 0 Å². The van der Waals surface area contributed by atoms with E-state index in [1.165, 1.54) is 83.5 Å². The maximum atomic E-state index is 1.58. The maximum Gasteiger partial charge on any atom is 0.127 e. The molecule has 0 N–H and O–H groups in total. The summed E-state index contributed by atoms with van der Waals surface area (Å²) < 4.78 is 0. The molecule has 2 aliphatic carbocycles. The Kier molecular flexibility index (Phi) is 8.83. The molecule has 0 aromatic carbocycles. The zero-order valence-corrected chi connectivity index (χ0v) is 13.9. The van der Waals surface area contributed by atoms with E-state index in [4.69, 9.17) is 0 Å². The summed E-state index contributed by atoms with van der Waals surface area (Å²) >= 11 is 0. The number of hydrogen-bond donors (Lipinski definition) is 0. The second-order valence-electron chi connectivity index (χ2n) is 7.72. The van der Waals surface area contributed by atoms with Crippen LogP contribution in [0.1, 0.15) is 109 Å². The normalized spacial score (nSPS) is 26.2. The highest BCUT2D eigenvalue weighted by Crippen LogP contribution is 2.33. The second kappa shape index (κ2) is 10.7. The van der Waals surface area contributed by atoms with Crippen molar-refractivity contribution in [3.8, 4) is 0 Å². The van der Waals surface area contributed by atoms with Crippen molar-refractivity contribution in [2.24, 2.45) is 0 Å². The summed E-state index contributed by atoms with van der Waals surface area (Å²) in [6, 6.07) is 0. The molecule has 2 fully saturated rings. The van der Waals surface area contributed by atoms with Crippen molar-refractivity contribution in [3.05, 3.63) is 0 Å². The van der Waals surface area contributed by atoms with Crippen LogP contribution in [0.5, 0.6) is 0 Å². The standard InChI is InChI=1S/C19H37B/c1-2-6-10-14-18(15-11-7-3-1)20-19-16-12-8-4-5-9-13-17-19/h18-20H,1-17H2. The summed E-state index contributed by atoms with van der Waals surface area (Å²) in [6.07, 6.45) is 25.9. The quantitative estimate of drug-likeness (QED) is 0.495. The van der Waals surface area contributed by atoms with Crippen LogP contribution in [0.4, 0.5) is 0 Å².